The fourth-order valence-electron chi connectivity index (χ4n) is 3.25. The SMILES string of the molecule is Cc1cc(C)cc(Oc2ccc(NC(=O)C(N)C3CCOCC3)cc2)c1.Cl. The zero-order chi connectivity index (χ0) is 18.5. The van der Waals surface area contributed by atoms with Crippen LogP contribution in [-0.4, -0.2) is 25.2 Å². The van der Waals surface area contributed by atoms with Crippen LogP contribution in [0.2, 0.25) is 0 Å². The Morgan fingerprint density at radius 2 is 1.67 bits per heavy atom. The van der Waals surface area contributed by atoms with Crippen molar-refractivity contribution in [3.63, 3.8) is 0 Å². The molecule has 0 radical (unpaired) electrons. The number of carbonyl (C=O) groups is 1. The standard InChI is InChI=1S/C21H26N2O3.ClH/c1-14-11-15(2)13-19(12-14)26-18-5-3-17(4-6-18)23-21(24)20(22)16-7-9-25-10-8-16;/h3-6,11-13,16,20H,7-10,22H2,1-2H3,(H,23,24);1H. The predicted octanol–water partition coefficient (Wildman–Crippen LogP) is 4.21. The van der Waals surface area contributed by atoms with Gasteiger partial charge in [-0.3, -0.25) is 4.79 Å². The summed E-state index contributed by atoms with van der Waals surface area (Å²) < 4.78 is 11.2. The van der Waals surface area contributed by atoms with Crippen molar-refractivity contribution >= 4 is 24.0 Å². The maximum atomic E-state index is 12.4. The van der Waals surface area contributed by atoms with Crippen LogP contribution in [0.25, 0.3) is 0 Å². The molecule has 5 nitrogen and oxygen atoms in total. The Bertz CT molecular complexity index is 738. The van der Waals surface area contributed by atoms with Crippen LogP contribution >= 0.6 is 12.4 Å². The molecule has 1 heterocycles. The van der Waals surface area contributed by atoms with E-state index in [9.17, 15) is 4.79 Å². The van der Waals surface area contributed by atoms with Crippen LogP contribution in [0.3, 0.4) is 0 Å². The van der Waals surface area contributed by atoms with Crippen LogP contribution in [-0.2, 0) is 9.53 Å². The van der Waals surface area contributed by atoms with Gasteiger partial charge in [0.05, 0.1) is 6.04 Å². The van der Waals surface area contributed by atoms with Crippen molar-refractivity contribution < 1.29 is 14.3 Å². The van der Waals surface area contributed by atoms with E-state index in [1.165, 1.54) is 0 Å². The minimum Gasteiger partial charge on any atom is -0.457 e. The molecule has 0 aliphatic carbocycles. The summed E-state index contributed by atoms with van der Waals surface area (Å²) in [5, 5.41) is 2.89. The minimum atomic E-state index is -0.509. The topological polar surface area (TPSA) is 73.6 Å². The van der Waals surface area contributed by atoms with Gasteiger partial charge in [-0.15, -0.1) is 12.4 Å². The number of anilines is 1. The Hall–Kier alpha value is -2.08. The van der Waals surface area contributed by atoms with Gasteiger partial charge in [-0.25, -0.2) is 0 Å². The Kier molecular flexibility index (Phi) is 7.66. The number of nitrogens with two attached hydrogens (primary N) is 1. The monoisotopic (exact) mass is 390 g/mol. The van der Waals surface area contributed by atoms with E-state index in [0.29, 0.717) is 18.9 Å². The summed E-state index contributed by atoms with van der Waals surface area (Å²) in [6.07, 6.45) is 1.66. The predicted molar refractivity (Wildman–Crippen MR) is 110 cm³/mol. The summed E-state index contributed by atoms with van der Waals surface area (Å²) in [7, 11) is 0. The molecule has 3 N–H and O–H groups in total. The van der Waals surface area contributed by atoms with E-state index >= 15 is 0 Å². The summed E-state index contributed by atoms with van der Waals surface area (Å²) in [5.74, 6) is 1.55. The number of aryl methyl sites for hydroxylation is 2. The van der Waals surface area contributed by atoms with E-state index in [1.54, 1.807) is 0 Å². The number of carbonyl (C=O) groups excluding carboxylic acids is 1. The molecule has 2 aromatic rings. The first-order valence-corrected chi connectivity index (χ1v) is 9.01. The number of hydrogen-bond acceptors (Lipinski definition) is 4. The average molecular weight is 391 g/mol. The second kappa shape index (κ2) is 9.74. The van der Waals surface area contributed by atoms with Crippen molar-refractivity contribution in [2.45, 2.75) is 32.7 Å². The van der Waals surface area contributed by atoms with Crippen molar-refractivity contribution in [1.82, 2.24) is 0 Å². The highest BCUT2D eigenvalue weighted by Crippen LogP contribution is 2.25. The van der Waals surface area contributed by atoms with Gasteiger partial charge in [-0.2, -0.15) is 0 Å². The molecule has 0 saturated carbocycles. The van der Waals surface area contributed by atoms with Crippen LogP contribution in [0.15, 0.2) is 42.5 Å². The van der Waals surface area contributed by atoms with Crippen molar-refractivity contribution in [1.29, 1.82) is 0 Å². The summed E-state index contributed by atoms with van der Waals surface area (Å²) in [6.45, 7) is 5.44. The Labute approximate surface area is 166 Å². The van der Waals surface area contributed by atoms with Crippen molar-refractivity contribution in [3.05, 3.63) is 53.6 Å². The van der Waals surface area contributed by atoms with Crippen LogP contribution in [0.4, 0.5) is 5.69 Å². The molecule has 1 unspecified atom stereocenters. The Morgan fingerprint density at radius 3 is 2.26 bits per heavy atom. The first-order valence-electron chi connectivity index (χ1n) is 9.01. The van der Waals surface area contributed by atoms with Gasteiger partial charge in [-0.05, 0) is 80.1 Å². The molecule has 6 heteroatoms. The lowest BCUT2D eigenvalue weighted by atomic mass is 9.92. The number of rotatable bonds is 5. The van der Waals surface area contributed by atoms with Gasteiger partial charge in [-0.1, -0.05) is 6.07 Å². The van der Waals surface area contributed by atoms with Crippen LogP contribution < -0.4 is 15.8 Å². The summed E-state index contributed by atoms with van der Waals surface area (Å²) in [5.41, 5.74) is 9.14. The molecule has 0 bridgehead atoms. The van der Waals surface area contributed by atoms with Gasteiger partial charge in [0.15, 0.2) is 0 Å². The second-order valence-electron chi connectivity index (χ2n) is 6.91. The van der Waals surface area contributed by atoms with Crippen molar-refractivity contribution in [2.24, 2.45) is 11.7 Å². The van der Waals surface area contributed by atoms with E-state index in [-0.39, 0.29) is 24.2 Å². The molecule has 1 fully saturated rings. The molecule has 0 aromatic heterocycles. The quantitative estimate of drug-likeness (QED) is 0.802. The highest BCUT2D eigenvalue weighted by Gasteiger charge is 2.26. The molecule has 1 amide bonds. The van der Waals surface area contributed by atoms with E-state index in [2.05, 4.69) is 11.4 Å². The van der Waals surface area contributed by atoms with Gasteiger partial charge in [0.25, 0.3) is 0 Å². The highest BCUT2D eigenvalue weighted by atomic mass is 35.5. The summed E-state index contributed by atoms with van der Waals surface area (Å²) in [6, 6.07) is 12.9. The van der Waals surface area contributed by atoms with Crippen molar-refractivity contribution in [3.8, 4) is 11.5 Å². The first-order chi connectivity index (χ1) is 12.5. The van der Waals surface area contributed by atoms with E-state index < -0.39 is 6.04 Å². The molecule has 3 rings (SSSR count). The number of amides is 1. The molecule has 1 aliphatic rings. The zero-order valence-electron chi connectivity index (χ0n) is 15.7. The minimum absolute atomic E-state index is 0. The van der Waals surface area contributed by atoms with Crippen LogP contribution in [0, 0.1) is 19.8 Å². The van der Waals surface area contributed by atoms with Crippen molar-refractivity contribution in [2.75, 3.05) is 18.5 Å². The summed E-state index contributed by atoms with van der Waals surface area (Å²) >= 11 is 0. The fraction of sp³-hybridized carbons (Fsp3) is 0.381. The molecule has 27 heavy (non-hydrogen) atoms. The Balaban J connectivity index is 0.00000261. The van der Waals surface area contributed by atoms with Gasteiger partial charge >= 0.3 is 0 Å². The number of benzene rings is 2. The van der Waals surface area contributed by atoms with Crippen LogP contribution in [0.1, 0.15) is 24.0 Å². The summed E-state index contributed by atoms with van der Waals surface area (Å²) in [4.78, 5) is 12.4. The third-order valence-electron chi connectivity index (χ3n) is 4.63. The zero-order valence-corrected chi connectivity index (χ0v) is 16.6. The molecule has 1 atom stereocenters. The Morgan fingerprint density at radius 1 is 1.07 bits per heavy atom. The van der Waals surface area contributed by atoms with Gasteiger partial charge in [0, 0.05) is 18.9 Å². The molecule has 1 saturated heterocycles. The largest absolute Gasteiger partial charge is 0.457 e. The first kappa shape index (κ1) is 21.2. The third-order valence-corrected chi connectivity index (χ3v) is 4.63. The fourth-order valence-corrected chi connectivity index (χ4v) is 3.25. The van der Waals surface area contributed by atoms with E-state index in [4.69, 9.17) is 15.2 Å². The maximum absolute atomic E-state index is 12.4. The molecule has 2 aromatic carbocycles. The lowest BCUT2D eigenvalue weighted by Gasteiger charge is -2.26. The third kappa shape index (κ3) is 5.96. The molecule has 146 valence electrons. The normalized spacial score (nSPS) is 15.5. The molecule has 1 aliphatic heterocycles. The number of ether oxygens (including phenoxy) is 2. The lowest BCUT2D eigenvalue weighted by Crippen LogP contribution is -2.43. The highest BCUT2D eigenvalue weighted by molar-refractivity contribution is 5.94. The number of halogens is 1. The maximum Gasteiger partial charge on any atom is 0.241 e. The average Bonchev–Trinajstić information content (AvgIpc) is 2.62. The molecular weight excluding hydrogens is 364 g/mol. The number of nitrogens with one attached hydrogen (secondary N) is 1. The smallest absolute Gasteiger partial charge is 0.241 e. The van der Waals surface area contributed by atoms with Crippen LogP contribution in [0.5, 0.6) is 11.5 Å². The van der Waals surface area contributed by atoms with E-state index in [0.717, 1.165) is 35.5 Å². The van der Waals surface area contributed by atoms with Gasteiger partial charge < -0.3 is 20.5 Å². The number of hydrogen-bond donors (Lipinski definition) is 2. The van der Waals surface area contributed by atoms with E-state index in [1.807, 2.05) is 50.2 Å². The molecule has 0 spiro atoms. The lowest BCUT2D eigenvalue weighted by molar-refractivity contribution is -0.119. The molecular formula is C21H27ClN2O3. The van der Waals surface area contributed by atoms with Gasteiger partial charge in [0.2, 0.25) is 5.91 Å². The van der Waals surface area contributed by atoms with Gasteiger partial charge in [0.1, 0.15) is 11.5 Å². The second-order valence-corrected chi connectivity index (χ2v) is 6.91.